The van der Waals surface area contributed by atoms with Crippen LogP contribution in [-0.2, 0) is 0 Å². The first kappa shape index (κ1) is 15.0. The molecule has 0 N–H and O–H groups in total. The first-order valence-corrected chi connectivity index (χ1v) is 7.56. The molecule has 0 heterocycles. The van der Waals surface area contributed by atoms with E-state index in [1.54, 1.807) is 24.1 Å². The Balaban J connectivity index is 2.07. The molecule has 0 aliphatic heterocycles. The van der Waals surface area contributed by atoms with E-state index in [0.717, 1.165) is 24.3 Å². The maximum Gasteiger partial charge on any atom is 0.256 e. The summed E-state index contributed by atoms with van der Waals surface area (Å²) in [5.74, 6) is 0.186. The van der Waals surface area contributed by atoms with Crippen LogP contribution in [0.4, 0.5) is 4.39 Å². The second kappa shape index (κ2) is 6.38. The third-order valence-electron chi connectivity index (χ3n) is 4.61. The van der Waals surface area contributed by atoms with Gasteiger partial charge in [-0.2, -0.15) is 0 Å². The van der Waals surface area contributed by atoms with E-state index in [2.05, 4.69) is 6.92 Å². The number of nitrogens with zero attached hydrogens (tertiary/aromatic N) is 1. The fraction of sp³-hybridized carbons (Fsp3) is 0.588. The van der Waals surface area contributed by atoms with Crippen molar-refractivity contribution < 1.29 is 9.18 Å². The van der Waals surface area contributed by atoms with E-state index in [9.17, 15) is 9.18 Å². The van der Waals surface area contributed by atoms with E-state index in [-0.39, 0.29) is 17.5 Å². The molecule has 20 heavy (non-hydrogen) atoms. The highest BCUT2D eigenvalue weighted by Crippen LogP contribution is 2.29. The predicted molar refractivity (Wildman–Crippen MR) is 79.3 cm³/mol. The Morgan fingerprint density at radius 3 is 2.55 bits per heavy atom. The molecule has 1 saturated carbocycles. The summed E-state index contributed by atoms with van der Waals surface area (Å²) in [5, 5.41) is 0. The van der Waals surface area contributed by atoms with Crippen molar-refractivity contribution in [2.24, 2.45) is 5.92 Å². The Morgan fingerprint density at radius 1 is 1.30 bits per heavy atom. The van der Waals surface area contributed by atoms with Crippen LogP contribution in [0.3, 0.4) is 0 Å². The van der Waals surface area contributed by atoms with Gasteiger partial charge in [-0.25, -0.2) is 4.39 Å². The number of rotatable bonds is 3. The highest BCUT2D eigenvalue weighted by Gasteiger charge is 2.27. The Bertz CT molecular complexity index is 478. The van der Waals surface area contributed by atoms with E-state index in [0.29, 0.717) is 0 Å². The third kappa shape index (κ3) is 3.20. The summed E-state index contributed by atoms with van der Waals surface area (Å²) in [5.41, 5.74) is 1.11. The Morgan fingerprint density at radius 2 is 1.95 bits per heavy atom. The summed E-state index contributed by atoms with van der Waals surface area (Å²) in [6.07, 6.45) is 5.64. The quantitative estimate of drug-likeness (QED) is 0.812. The molecule has 2 rings (SSSR count). The number of benzene rings is 1. The molecule has 0 atom stereocenters. The zero-order valence-corrected chi connectivity index (χ0v) is 12.7. The van der Waals surface area contributed by atoms with Crippen molar-refractivity contribution in [3.63, 3.8) is 0 Å². The SMILES string of the molecule is CCC1CCC(N(C)C(=O)c2cc(C)ccc2F)CC1. The second-order valence-corrected chi connectivity index (χ2v) is 5.98. The van der Waals surface area contributed by atoms with Gasteiger partial charge in [-0.15, -0.1) is 0 Å². The fourth-order valence-electron chi connectivity index (χ4n) is 3.10. The van der Waals surface area contributed by atoms with Crippen molar-refractivity contribution in [3.8, 4) is 0 Å². The number of carbonyl (C=O) groups excluding carboxylic acids is 1. The van der Waals surface area contributed by atoms with Gasteiger partial charge in [0.2, 0.25) is 0 Å². The van der Waals surface area contributed by atoms with Crippen LogP contribution in [-0.4, -0.2) is 23.9 Å². The number of halogens is 1. The standard InChI is InChI=1S/C17H24FNO/c1-4-13-6-8-14(9-7-13)19(3)17(20)15-11-12(2)5-10-16(15)18/h5,10-11,13-14H,4,6-9H2,1-3H3. The van der Waals surface area contributed by atoms with Crippen LogP contribution >= 0.6 is 0 Å². The Labute approximate surface area is 121 Å². The van der Waals surface area contributed by atoms with Crippen molar-refractivity contribution in [3.05, 3.63) is 35.1 Å². The minimum Gasteiger partial charge on any atom is -0.339 e. The molecule has 0 radical (unpaired) electrons. The van der Waals surface area contributed by atoms with Gasteiger partial charge in [0.15, 0.2) is 0 Å². The molecule has 0 unspecified atom stereocenters. The molecule has 0 aromatic heterocycles. The number of aryl methyl sites for hydroxylation is 1. The van der Waals surface area contributed by atoms with Crippen LogP contribution < -0.4 is 0 Å². The lowest BCUT2D eigenvalue weighted by molar-refractivity contribution is 0.0670. The number of carbonyl (C=O) groups is 1. The molecule has 2 nitrogen and oxygen atoms in total. The number of hydrogen-bond donors (Lipinski definition) is 0. The van der Waals surface area contributed by atoms with Crippen molar-refractivity contribution in [2.75, 3.05) is 7.05 Å². The minimum atomic E-state index is -0.422. The third-order valence-corrected chi connectivity index (χ3v) is 4.61. The van der Waals surface area contributed by atoms with Crippen LogP contribution in [0, 0.1) is 18.7 Å². The van der Waals surface area contributed by atoms with Crippen LogP contribution in [0.15, 0.2) is 18.2 Å². The van der Waals surface area contributed by atoms with Gasteiger partial charge in [-0.1, -0.05) is 25.0 Å². The zero-order valence-electron chi connectivity index (χ0n) is 12.7. The maximum atomic E-state index is 13.8. The van der Waals surface area contributed by atoms with E-state index >= 15 is 0 Å². The lowest BCUT2D eigenvalue weighted by Crippen LogP contribution is -2.39. The monoisotopic (exact) mass is 277 g/mol. The number of hydrogen-bond acceptors (Lipinski definition) is 1. The molecule has 1 aromatic rings. The van der Waals surface area contributed by atoms with Gasteiger partial charge in [0.1, 0.15) is 5.82 Å². The van der Waals surface area contributed by atoms with Gasteiger partial charge < -0.3 is 4.90 Å². The molecule has 3 heteroatoms. The lowest BCUT2D eigenvalue weighted by atomic mass is 9.84. The predicted octanol–water partition coefficient (Wildman–Crippen LogP) is 4.17. The lowest BCUT2D eigenvalue weighted by Gasteiger charge is -2.34. The maximum absolute atomic E-state index is 13.8. The largest absolute Gasteiger partial charge is 0.339 e. The molecular formula is C17H24FNO. The van der Waals surface area contributed by atoms with Gasteiger partial charge in [0.05, 0.1) is 5.56 Å². The van der Waals surface area contributed by atoms with E-state index < -0.39 is 5.82 Å². The normalized spacial score (nSPS) is 22.6. The van der Waals surface area contributed by atoms with Gasteiger partial charge in [-0.05, 0) is 50.7 Å². The topological polar surface area (TPSA) is 20.3 Å². The van der Waals surface area contributed by atoms with E-state index in [1.807, 2.05) is 6.92 Å². The first-order valence-electron chi connectivity index (χ1n) is 7.56. The molecule has 1 amide bonds. The molecular weight excluding hydrogens is 253 g/mol. The van der Waals surface area contributed by atoms with Crippen LogP contribution in [0.1, 0.15) is 54.9 Å². The molecule has 1 aromatic carbocycles. The van der Waals surface area contributed by atoms with Crippen molar-refractivity contribution in [1.29, 1.82) is 0 Å². The molecule has 110 valence electrons. The first-order chi connectivity index (χ1) is 9.52. The number of amides is 1. The molecule has 1 aliphatic rings. The Kier molecular flexibility index (Phi) is 4.79. The molecule has 0 spiro atoms. The van der Waals surface area contributed by atoms with Crippen LogP contribution in [0.5, 0.6) is 0 Å². The van der Waals surface area contributed by atoms with Gasteiger partial charge in [-0.3, -0.25) is 4.79 Å². The van der Waals surface area contributed by atoms with E-state index in [1.165, 1.54) is 25.3 Å². The zero-order chi connectivity index (χ0) is 14.7. The smallest absolute Gasteiger partial charge is 0.256 e. The minimum absolute atomic E-state index is 0.189. The average Bonchev–Trinajstić information content (AvgIpc) is 2.48. The van der Waals surface area contributed by atoms with Gasteiger partial charge in [0.25, 0.3) is 5.91 Å². The van der Waals surface area contributed by atoms with Crippen molar-refractivity contribution in [1.82, 2.24) is 4.90 Å². The molecule has 0 saturated heterocycles. The summed E-state index contributed by atoms with van der Waals surface area (Å²) < 4.78 is 13.8. The highest BCUT2D eigenvalue weighted by molar-refractivity contribution is 5.94. The van der Waals surface area contributed by atoms with Crippen LogP contribution in [0.2, 0.25) is 0 Å². The molecule has 1 aliphatic carbocycles. The Hall–Kier alpha value is -1.38. The molecule has 1 fully saturated rings. The fourth-order valence-corrected chi connectivity index (χ4v) is 3.10. The van der Waals surface area contributed by atoms with Crippen molar-refractivity contribution in [2.45, 2.75) is 52.0 Å². The molecule has 0 bridgehead atoms. The van der Waals surface area contributed by atoms with E-state index in [4.69, 9.17) is 0 Å². The summed E-state index contributed by atoms with van der Waals surface area (Å²) in [7, 11) is 1.81. The second-order valence-electron chi connectivity index (χ2n) is 5.98. The summed E-state index contributed by atoms with van der Waals surface area (Å²) in [6.45, 7) is 4.10. The average molecular weight is 277 g/mol. The van der Waals surface area contributed by atoms with Crippen molar-refractivity contribution >= 4 is 5.91 Å². The highest BCUT2D eigenvalue weighted by atomic mass is 19.1. The van der Waals surface area contributed by atoms with Gasteiger partial charge in [0, 0.05) is 13.1 Å². The summed E-state index contributed by atoms with van der Waals surface area (Å²) in [4.78, 5) is 14.2. The summed E-state index contributed by atoms with van der Waals surface area (Å²) >= 11 is 0. The van der Waals surface area contributed by atoms with Crippen LogP contribution in [0.25, 0.3) is 0 Å². The van der Waals surface area contributed by atoms with Gasteiger partial charge >= 0.3 is 0 Å². The summed E-state index contributed by atoms with van der Waals surface area (Å²) in [6, 6.07) is 4.97.